The van der Waals surface area contributed by atoms with Crippen LogP contribution in [0.5, 0.6) is 0 Å². The molecule has 0 heterocycles. The Morgan fingerprint density at radius 1 is 1.35 bits per heavy atom. The van der Waals surface area contributed by atoms with Crippen LogP contribution in [-0.4, -0.2) is 35.2 Å². The largest absolute Gasteiger partial charge is 0.481 e. The number of aliphatic carboxylic acids is 1. The Bertz CT molecular complexity index is 295. The molecule has 17 heavy (non-hydrogen) atoms. The Morgan fingerprint density at radius 3 is 2.47 bits per heavy atom. The number of carboxylic acid groups (broad SMARTS) is 1. The highest BCUT2D eigenvalue weighted by Crippen LogP contribution is 2.25. The van der Waals surface area contributed by atoms with E-state index < -0.39 is 5.97 Å². The maximum Gasteiger partial charge on any atom is 0.306 e. The molecule has 0 bridgehead atoms. The highest BCUT2D eigenvalue weighted by atomic mass is 16.5. The third-order valence-electron chi connectivity index (χ3n) is 2.78. The van der Waals surface area contributed by atoms with Gasteiger partial charge >= 0.3 is 5.97 Å². The lowest BCUT2D eigenvalue weighted by Gasteiger charge is -2.20. The van der Waals surface area contributed by atoms with Gasteiger partial charge in [0, 0.05) is 6.04 Å². The molecule has 0 aliphatic heterocycles. The summed E-state index contributed by atoms with van der Waals surface area (Å²) in [7, 11) is 0. The van der Waals surface area contributed by atoms with Crippen LogP contribution in [0.1, 0.15) is 40.0 Å². The zero-order chi connectivity index (χ0) is 13.1. The number of ether oxygens (including phenoxy) is 1. The number of amides is 1. The monoisotopic (exact) mass is 243 g/mol. The maximum atomic E-state index is 11.5. The van der Waals surface area contributed by atoms with Crippen LogP contribution in [0.3, 0.4) is 0 Å². The minimum Gasteiger partial charge on any atom is -0.481 e. The SMILES string of the molecule is CC(C)(C)OCC(=O)N[C@H]1CC[C@@H](C(=O)O)C1. The Morgan fingerprint density at radius 2 is 2.00 bits per heavy atom. The van der Waals surface area contributed by atoms with Crippen LogP contribution in [0.15, 0.2) is 0 Å². The van der Waals surface area contributed by atoms with Crippen molar-refractivity contribution < 1.29 is 19.4 Å². The second-order valence-corrected chi connectivity index (χ2v) is 5.51. The van der Waals surface area contributed by atoms with Crippen LogP contribution in [0, 0.1) is 5.92 Å². The fourth-order valence-corrected chi connectivity index (χ4v) is 1.89. The normalized spacial score (nSPS) is 24.6. The first kappa shape index (κ1) is 14.0. The molecule has 0 unspecified atom stereocenters. The van der Waals surface area contributed by atoms with E-state index in [1.54, 1.807) is 0 Å². The molecule has 1 fully saturated rings. The molecule has 1 aliphatic rings. The van der Waals surface area contributed by atoms with E-state index in [1.165, 1.54) is 0 Å². The molecule has 5 heteroatoms. The predicted molar refractivity (Wildman–Crippen MR) is 62.6 cm³/mol. The van der Waals surface area contributed by atoms with Crippen LogP contribution in [0.25, 0.3) is 0 Å². The molecule has 0 aromatic carbocycles. The van der Waals surface area contributed by atoms with E-state index in [0.29, 0.717) is 12.8 Å². The molecule has 1 saturated carbocycles. The Labute approximate surface area is 102 Å². The van der Waals surface area contributed by atoms with E-state index in [0.717, 1.165) is 6.42 Å². The molecule has 5 nitrogen and oxygen atoms in total. The van der Waals surface area contributed by atoms with Crippen LogP contribution in [0.4, 0.5) is 0 Å². The van der Waals surface area contributed by atoms with Crippen LogP contribution < -0.4 is 5.32 Å². The van der Waals surface area contributed by atoms with Gasteiger partial charge < -0.3 is 15.2 Å². The van der Waals surface area contributed by atoms with E-state index in [9.17, 15) is 9.59 Å². The zero-order valence-corrected chi connectivity index (χ0v) is 10.7. The van der Waals surface area contributed by atoms with Gasteiger partial charge in [-0.15, -0.1) is 0 Å². The van der Waals surface area contributed by atoms with Crippen molar-refractivity contribution in [3.63, 3.8) is 0 Å². The van der Waals surface area contributed by atoms with Crippen molar-refractivity contribution in [3.05, 3.63) is 0 Å². The maximum absolute atomic E-state index is 11.5. The molecule has 0 radical (unpaired) electrons. The Hall–Kier alpha value is -1.10. The number of carbonyl (C=O) groups is 2. The van der Waals surface area contributed by atoms with Crippen molar-refractivity contribution in [2.24, 2.45) is 5.92 Å². The molecular formula is C12H21NO4. The number of hydrogen-bond donors (Lipinski definition) is 2. The lowest BCUT2D eigenvalue weighted by Crippen LogP contribution is -2.37. The minimum atomic E-state index is -0.771. The second kappa shape index (κ2) is 5.49. The molecule has 2 atom stereocenters. The minimum absolute atomic E-state index is 0.0211. The molecule has 1 rings (SSSR count). The summed E-state index contributed by atoms with van der Waals surface area (Å²) >= 11 is 0. The smallest absolute Gasteiger partial charge is 0.306 e. The second-order valence-electron chi connectivity index (χ2n) is 5.51. The van der Waals surface area contributed by atoms with Crippen LogP contribution in [0.2, 0.25) is 0 Å². The third-order valence-corrected chi connectivity index (χ3v) is 2.78. The molecule has 0 spiro atoms. The van der Waals surface area contributed by atoms with Crippen molar-refractivity contribution in [1.82, 2.24) is 5.32 Å². The molecule has 0 saturated heterocycles. The van der Waals surface area contributed by atoms with Gasteiger partial charge in [0.1, 0.15) is 6.61 Å². The van der Waals surface area contributed by atoms with Crippen LogP contribution in [-0.2, 0) is 14.3 Å². The van der Waals surface area contributed by atoms with Crippen molar-refractivity contribution in [2.75, 3.05) is 6.61 Å². The Kier molecular flexibility index (Phi) is 4.51. The first-order valence-electron chi connectivity index (χ1n) is 5.94. The molecule has 1 amide bonds. The van der Waals surface area contributed by atoms with E-state index in [1.807, 2.05) is 20.8 Å². The standard InChI is InChI=1S/C12H21NO4/c1-12(2,3)17-7-10(14)13-9-5-4-8(6-9)11(15)16/h8-9H,4-7H2,1-3H3,(H,13,14)(H,15,16)/t8-,9+/m1/s1. The summed E-state index contributed by atoms with van der Waals surface area (Å²) in [5.74, 6) is -1.26. The topological polar surface area (TPSA) is 75.6 Å². The predicted octanol–water partition coefficient (Wildman–Crippen LogP) is 1.17. The molecule has 2 N–H and O–H groups in total. The average molecular weight is 243 g/mol. The van der Waals surface area contributed by atoms with Gasteiger partial charge in [-0.2, -0.15) is 0 Å². The number of nitrogens with one attached hydrogen (secondary N) is 1. The van der Waals surface area contributed by atoms with Gasteiger partial charge in [0.2, 0.25) is 5.91 Å². The molecule has 0 aromatic rings. The average Bonchev–Trinajstić information content (AvgIpc) is 2.62. The highest BCUT2D eigenvalue weighted by Gasteiger charge is 2.30. The van der Waals surface area contributed by atoms with E-state index in [-0.39, 0.29) is 30.1 Å². The van der Waals surface area contributed by atoms with Gasteiger partial charge in [0.25, 0.3) is 0 Å². The number of carboxylic acids is 1. The van der Waals surface area contributed by atoms with E-state index >= 15 is 0 Å². The van der Waals surface area contributed by atoms with Crippen molar-refractivity contribution in [3.8, 4) is 0 Å². The first-order chi connectivity index (χ1) is 7.78. The van der Waals surface area contributed by atoms with Gasteiger partial charge in [0.05, 0.1) is 11.5 Å². The molecule has 1 aliphatic carbocycles. The fourth-order valence-electron chi connectivity index (χ4n) is 1.89. The van der Waals surface area contributed by atoms with Crippen molar-refractivity contribution >= 4 is 11.9 Å². The van der Waals surface area contributed by atoms with Gasteiger partial charge in [-0.25, -0.2) is 0 Å². The third kappa shape index (κ3) is 5.17. The molecule has 98 valence electrons. The van der Waals surface area contributed by atoms with Crippen molar-refractivity contribution in [1.29, 1.82) is 0 Å². The summed E-state index contributed by atoms with van der Waals surface area (Å²) in [6.45, 7) is 5.68. The Balaban J connectivity index is 2.26. The lowest BCUT2D eigenvalue weighted by atomic mass is 10.1. The summed E-state index contributed by atoms with van der Waals surface area (Å²) in [5.41, 5.74) is -0.337. The summed E-state index contributed by atoms with van der Waals surface area (Å²) in [5, 5.41) is 11.6. The molecule has 0 aromatic heterocycles. The summed E-state index contributed by atoms with van der Waals surface area (Å²) in [6, 6.07) is -0.0211. The van der Waals surface area contributed by atoms with Gasteiger partial charge in [0.15, 0.2) is 0 Å². The quantitative estimate of drug-likeness (QED) is 0.777. The van der Waals surface area contributed by atoms with E-state index in [4.69, 9.17) is 9.84 Å². The summed E-state index contributed by atoms with van der Waals surface area (Å²) in [4.78, 5) is 22.3. The first-order valence-corrected chi connectivity index (χ1v) is 5.94. The number of hydrogen-bond acceptors (Lipinski definition) is 3. The van der Waals surface area contributed by atoms with Gasteiger partial charge in [-0.05, 0) is 40.0 Å². The van der Waals surface area contributed by atoms with Gasteiger partial charge in [-0.1, -0.05) is 0 Å². The zero-order valence-electron chi connectivity index (χ0n) is 10.7. The highest BCUT2D eigenvalue weighted by molar-refractivity contribution is 5.78. The van der Waals surface area contributed by atoms with E-state index in [2.05, 4.69) is 5.32 Å². The fraction of sp³-hybridized carbons (Fsp3) is 0.833. The summed E-state index contributed by atoms with van der Waals surface area (Å²) in [6.07, 6.45) is 1.90. The van der Waals surface area contributed by atoms with Crippen molar-refractivity contribution in [2.45, 2.75) is 51.7 Å². The number of rotatable bonds is 4. The molecular weight excluding hydrogens is 222 g/mol. The summed E-state index contributed by atoms with van der Waals surface area (Å²) < 4.78 is 5.35. The van der Waals surface area contributed by atoms with Gasteiger partial charge in [-0.3, -0.25) is 9.59 Å². The number of carbonyl (C=O) groups excluding carboxylic acids is 1. The lowest BCUT2D eigenvalue weighted by molar-refractivity contribution is -0.141. The van der Waals surface area contributed by atoms with Crippen LogP contribution >= 0.6 is 0 Å².